The summed E-state index contributed by atoms with van der Waals surface area (Å²) in [6, 6.07) is 10.3. The SMILES string of the molecule is CCC(=O)Nc1nc2cc(NC(=O)Nc3ccc4c(c3)OCCO4)ccc2s1. The number of urea groups is 1. The Hall–Kier alpha value is -3.33. The Kier molecular flexibility index (Phi) is 4.98. The normalized spacial score (nSPS) is 12.5. The molecule has 9 heteroatoms. The topological polar surface area (TPSA) is 102 Å². The van der Waals surface area contributed by atoms with Crippen molar-refractivity contribution in [1.82, 2.24) is 4.98 Å². The van der Waals surface area contributed by atoms with Crippen molar-refractivity contribution >= 4 is 50.0 Å². The molecule has 1 aliphatic rings. The quantitative estimate of drug-likeness (QED) is 0.615. The lowest BCUT2D eigenvalue weighted by atomic mass is 10.2. The van der Waals surface area contributed by atoms with Crippen molar-refractivity contribution < 1.29 is 19.1 Å². The van der Waals surface area contributed by atoms with Gasteiger partial charge in [0.2, 0.25) is 5.91 Å². The number of hydrogen-bond acceptors (Lipinski definition) is 6. The predicted molar refractivity (Wildman–Crippen MR) is 109 cm³/mol. The van der Waals surface area contributed by atoms with Crippen LogP contribution in [0.3, 0.4) is 0 Å². The Morgan fingerprint density at radius 1 is 1.00 bits per heavy atom. The second-order valence-electron chi connectivity index (χ2n) is 6.04. The lowest BCUT2D eigenvalue weighted by Crippen LogP contribution is -2.20. The van der Waals surface area contributed by atoms with Crippen molar-refractivity contribution in [3.63, 3.8) is 0 Å². The van der Waals surface area contributed by atoms with Crippen LogP contribution in [0, 0.1) is 0 Å². The summed E-state index contributed by atoms with van der Waals surface area (Å²) in [6.07, 6.45) is 0.392. The molecule has 0 saturated carbocycles. The Bertz CT molecular complexity index is 1050. The van der Waals surface area contributed by atoms with E-state index in [1.807, 2.05) is 6.07 Å². The highest BCUT2D eigenvalue weighted by atomic mass is 32.1. The zero-order chi connectivity index (χ0) is 19.5. The van der Waals surface area contributed by atoms with Gasteiger partial charge < -0.3 is 25.4 Å². The van der Waals surface area contributed by atoms with Crippen LogP contribution in [0.5, 0.6) is 11.5 Å². The number of ether oxygens (including phenoxy) is 2. The van der Waals surface area contributed by atoms with E-state index in [2.05, 4.69) is 20.9 Å². The lowest BCUT2D eigenvalue weighted by Gasteiger charge is -2.19. The van der Waals surface area contributed by atoms with Crippen LogP contribution in [-0.4, -0.2) is 30.1 Å². The number of benzene rings is 2. The number of fused-ring (bicyclic) bond motifs is 2. The van der Waals surface area contributed by atoms with E-state index < -0.39 is 0 Å². The zero-order valence-corrected chi connectivity index (χ0v) is 15.9. The number of hydrogen-bond donors (Lipinski definition) is 3. The molecule has 0 radical (unpaired) electrons. The van der Waals surface area contributed by atoms with E-state index in [0.717, 1.165) is 4.70 Å². The maximum Gasteiger partial charge on any atom is 0.323 e. The van der Waals surface area contributed by atoms with E-state index in [1.165, 1.54) is 11.3 Å². The molecule has 0 atom stereocenters. The summed E-state index contributed by atoms with van der Waals surface area (Å²) in [7, 11) is 0. The third-order valence-electron chi connectivity index (χ3n) is 4.01. The molecule has 0 fully saturated rings. The Labute approximate surface area is 164 Å². The molecule has 3 amide bonds. The highest BCUT2D eigenvalue weighted by Gasteiger charge is 2.13. The van der Waals surface area contributed by atoms with Crippen molar-refractivity contribution in [2.24, 2.45) is 0 Å². The van der Waals surface area contributed by atoms with Gasteiger partial charge in [-0.25, -0.2) is 9.78 Å². The van der Waals surface area contributed by atoms with E-state index in [-0.39, 0.29) is 11.9 Å². The van der Waals surface area contributed by atoms with Crippen LogP contribution in [-0.2, 0) is 4.79 Å². The molecule has 144 valence electrons. The summed E-state index contributed by atoms with van der Waals surface area (Å²) >= 11 is 1.39. The largest absolute Gasteiger partial charge is 0.486 e. The maximum atomic E-state index is 12.3. The molecule has 0 aliphatic carbocycles. The minimum Gasteiger partial charge on any atom is -0.486 e. The molecule has 0 saturated heterocycles. The lowest BCUT2D eigenvalue weighted by molar-refractivity contribution is -0.115. The van der Waals surface area contributed by atoms with Crippen molar-refractivity contribution in [2.45, 2.75) is 13.3 Å². The van der Waals surface area contributed by atoms with Gasteiger partial charge in [0.15, 0.2) is 16.6 Å². The molecule has 2 heterocycles. The number of nitrogens with one attached hydrogen (secondary N) is 3. The van der Waals surface area contributed by atoms with Crippen LogP contribution in [0.1, 0.15) is 13.3 Å². The summed E-state index contributed by atoms with van der Waals surface area (Å²) in [5, 5.41) is 8.83. The smallest absolute Gasteiger partial charge is 0.323 e. The van der Waals surface area contributed by atoms with Gasteiger partial charge in [0.1, 0.15) is 13.2 Å². The van der Waals surface area contributed by atoms with Crippen LogP contribution in [0.2, 0.25) is 0 Å². The van der Waals surface area contributed by atoms with Crippen molar-refractivity contribution in [3.05, 3.63) is 36.4 Å². The average molecular weight is 398 g/mol. The third-order valence-corrected chi connectivity index (χ3v) is 4.96. The first-order valence-corrected chi connectivity index (χ1v) is 9.60. The first kappa shape index (κ1) is 18.1. The fraction of sp³-hybridized carbons (Fsp3) is 0.211. The molecule has 3 N–H and O–H groups in total. The Morgan fingerprint density at radius 2 is 1.71 bits per heavy atom. The molecule has 1 aromatic heterocycles. The molecule has 0 bridgehead atoms. The fourth-order valence-corrected chi connectivity index (χ4v) is 3.54. The van der Waals surface area contributed by atoms with Crippen LogP contribution in [0.25, 0.3) is 10.2 Å². The van der Waals surface area contributed by atoms with Gasteiger partial charge in [-0.05, 0) is 30.3 Å². The first-order valence-electron chi connectivity index (χ1n) is 8.79. The molecule has 2 aromatic carbocycles. The molecular formula is C19H18N4O4S. The number of nitrogens with zero attached hydrogens (tertiary/aromatic N) is 1. The first-order chi connectivity index (χ1) is 13.6. The third kappa shape index (κ3) is 3.99. The minimum atomic E-state index is -0.384. The van der Waals surface area contributed by atoms with E-state index in [9.17, 15) is 9.59 Å². The molecular weight excluding hydrogens is 380 g/mol. The summed E-state index contributed by atoms with van der Waals surface area (Å²) in [4.78, 5) is 28.2. The molecule has 8 nitrogen and oxygen atoms in total. The summed E-state index contributed by atoms with van der Waals surface area (Å²) in [6.45, 7) is 2.78. The summed E-state index contributed by atoms with van der Waals surface area (Å²) in [5.74, 6) is 1.18. The number of amides is 3. The van der Waals surface area contributed by atoms with E-state index in [1.54, 1.807) is 37.3 Å². The Morgan fingerprint density at radius 3 is 2.50 bits per heavy atom. The number of aromatic nitrogens is 1. The summed E-state index contributed by atoms with van der Waals surface area (Å²) in [5.41, 5.74) is 1.90. The van der Waals surface area contributed by atoms with Gasteiger partial charge >= 0.3 is 6.03 Å². The fourth-order valence-electron chi connectivity index (χ4n) is 2.68. The number of rotatable bonds is 4. The van der Waals surface area contributed by atoms with Gasteiger partial charge in [-0.1, -0.05) is 18.3 Å². The second kappa shape index (κ2) is 7.73. The van der Waals surface area contributed by atoms with Gasteiger partial charge in [0.25, 0.3) is 0 Å². The van der Waals surface area contributed by atoms with Gasteiger partial charge in [0, 0.05) is 23.9 Å². The monoisotopic (exact) mass is 398 g/mol. The van der Waals surface area contributed by atoms with Crippen LogP contribution in [0.15, 0.2) is 36.4 Å². The van der Waals surface area contributed by atoms with E-state index >= 15 is 0 Å². The highest BCUT2D eigenvalue weighted by molar-refractivity contribution is 7.22. The standard InChI is InChI=1S/C19H18N4O4S/c1-2-17(24)23-19-22-13-9-11(4-6-16(13)28-19)20-18(25)21-12-3-5-14-15(10-12)27-8-7-26-14/h3-6,9-10H,2,7-8H2,1H3,(H2,20,21,25)(H,22,23,24). The Balaban J connectivity index is 1.43. The van der Waals surface area contributed by atoms with Crippen LogP contribution < -0.4 is 25.4 Å². The predicted octanol–water partition coefficient (Wildman–Crippen LogP) is 4.06. The molecule has 3 aromatic rings. The molecule has 28 heavy (non-hydrogen) atoms. The van der Waals surface area contributed by atoms with Gasteiger partial charge in [-0.2, -0.15) is 0 Å². The minimum absolute atomic E-state index is 0.0868. The average Bonchev–Trinajstić information content (AvgIpc) is 3.09. The van der Waals surface area contributed by atoms with Crippen LogP contribution >= 0.6 is 11.3 Å². The van der Waals surface area contributed by atoms with Crippen molar-refractivity contribution in [1.29, 1.82) is 0 Å². The molecule has 4 rings (SSSR count). The van der Waals surface area contributed by atoms with Crippen LogP contribution in [0.4, 0.5) is 21.3 Å². The van der Waals surface area contributed by atoms with E-state index in [4.69, 9.17) is 9.47 Å². The molecule has 0 unspecified atom stereocenters. The number of carbonyl (C=O) groups is 2. The molecule has 0 spiro atoms. The van der Waals surface area contributed by atoms with E-state index in [0.29, 0.717) is 53.2 Å². The number of anilines is 3. The van der Waals surface area contributed by atoms with Gasteiger partial charge in [-0.3, -0.25) is 4.79 Å². The van der Waals surface area contributed by atoms with Crippen molar-refractivity contribution in [3.8, 4) is 11.5 Å². The highest BCUT2D eigenvalue weighted by Crippen LogP contribution is 2.33. The number of thiazole rings is 1. The van der Waals surface area contributed by atoms with Crippen molar-refractivity contribution in [2.75, 3.05) is 29.2 Å². The zero-order valence-electron chi connectivity index (χ0n) is 15.1. The maximum absolute atomic E-state index is 12.3. The second-order valence-corrected chi connectivity index (χ2v) is 7.07. The molecule has 1 aliphatic heterocycles. The van der Waals surface area contributed by atoms with Gasteiger partial charge in [-0.15, -0.1) is 0 Å². The summed E-state index contributed by atoms with van der Waals surface area (Å²) < 4.78 is 11.9. The number of carbonyl (C=O) groups excluding carboxylic acids is 2. The van der Waals surface area contributed by atoms with Gasteiger partial charge in [0.05, 0.1) is 10.2 Å².